The Morgan fingerprint density at radius 2 is 1.96 bits per heavy atom. The number of rotatable bonds is 1. The second kappa shape index (κ2) is 5.58. The van der Waals surface area contributed by atoms with Gasteiger partial charge in [-0.15, -0.1) is 0 Å². The van der Waals surface area contributed by atoms with Crippen LogP contribution in [0.25, 0.3) is 10.9 Å². The van der Waals surface area contributed by atoms with E-state index in [4.69, 9.17) is 0 Å². The average molecular weight is 304 g/mol. The molecule has 1 N–H and O–H groups in total. The van der Waals surface area contributed by atoms with Crippen molar-refractivity contribution in [2.24, 2.45) is 0 Å². The normalized spacial score (nSPS) is 14.6. The highest BCUT2D eigenvalue weighted by Gasteiger charge is 2.23. The molecule has 23 heavy (non-hydrogen) atoms. The van der Waals surface area contributed by atoms with Gasteiger partial charge in [-0.2, -0.15) is 0 Å². The molecule has 1 aliphatic rings. The number of nitrogens with zero attached hydrogens (tertiary/aromatic N) is 1. The molecule has 4 rings (SSSR count). The highest BCUT2D eigenvalue weighted by molar-refractivity contribution is 5.94. The Hall–Kier alpha value is -2.55. The van der Waals surface area contributed by atoms with Crippen LogP contribution in [0.1, 0.15) is 33.6 Å². The van der Waals surface area contributed by atoms with Gasteiger partial charge < -0.3 is 9.88 Å². The number of fused-ring (bicyclic) bond motifs is 3. The highest BCUT2D eigenvalue weighted by atomic mass is 16.2. The molecule has 3 aromatic rings. The van der Waals surface area contributed by atoms with Gasteiger partial charge in [0.25, 0.3) is 5.91 Å². The maximum Gasteiger partial charge on any atom is 0.254 e. The van der Waals surface area contributed by atoms with E-state index in [1.165, 1.54) is 27.7 Å². The Morgan fingerprint density at radius 3 is 2.78 bits per heavy atom. The van der Waals surface area contributed by atoms with Gasteiger partial charge in [-0.05, 0) is 44.0 Å². The van der Waals surface area contributed by atoms with Gasteiger partial charge in [0.2, 0.25) is 0 Å². The van der Waals surface area contributed by atoms with Crippen LogP contribution in [-0.2, 0) is 13.0 Å². The summed E-state index contributed by atoms with van der Waals surface area (Å²) in [5.41, 5.74) is 5.77. The number of hydrogen-bond acceptors (Lipinski definition) is 1. The first-order chi connectivity index (χ1) is 11.2. The Balaban J connectivity index is 1.73. The van der Waals surface area contributed by atoms with Crippen molar-refractivity contribution >= 4 is 16.8 Å². The topological polar surface area (TPSA) is 36.1 Å². The van der Waals surface area contributed by atoms with Gasteiger partial charge in [-0.1, -0.05) is 29.8 Å². The van der Waals surface area contributed by atoms with E-state index in [2.05, 4.69) is 30.1 Å². The molecule has 3 nitrogen and oxygen atoms in total. The quantitative estimate of drug-likeness (QED) is 0.723. The Kier molecular flexibility index (Phi) is 3.41. The molecule has 0 saturated carbocycles. The summed E-state index contributed by atoms with van der Waals surface area (Å²) in [7, 11) is 0. The lowest BCUT2D eigenvalue weighted by Gasteiger charge is -2.21. The minimum Gasteiger partial charge on any atom is -0.358 e. The van der Waals surface area contributed by atoms with Crippen molar-refractivity contribution in [3.8, 4) is 0 Å². The fourth-order valence-corrected chi connectivity index (χ4v) is 3.46. The van der Waals surface area contributed by atoms with Crippen LogP contribution in [0.4, 0.5) is 0 Å². The molecule has 0 spiro atoms. The van der Waals surface area contributed by atoms with E-state index in [1.807, 2.05) is 35.2 Å². The molecular formula is C20H20N2O. The number of hydrogen-bond donors (Lipinski definition) is 1. The number of carbonyl (C=O) groups excluding carboxylic acids is 1. The van der Waals surface area contributed by atoms with Gasteiger partial charge in [0.15, 0.2) is 0 Å². The van der Waals surface area contributed by atoms with E-state index in [0.717, 1.165) is 24.9 Å². The van der Waals surface area contributed by atoms with Crippen molar-refractivity contribution < 1.29 is 4.79 Å². The summed E-state index contributed by atoms with van der Waals surface area (Å²) in [5, 5.41) is 1.26. The highest BCUT2D eigenvalue weighted by Crippen LogP contribution is 2.28. The SMILES string of the molecule is Cc1ccc2[nH]c3c(c2c1)CN(C(=O)c1ccccc1)CCC3. The van der Waals surface area contributed by atoms with Crippen molar-refractivity contribution in [1.82, 2.24) is 9.88 Å². The third-order valence-electron chi connectivity index (χ3n) is 4.66. The van der Waals surface area contributed by atoms with Crippen LogP contribution in [0.2, 0.25) is 0 Å². The fraction of sp³-hybridized carbons (Fsp3) is 0.250. The van der Waals surface area contributed by atoms with Crippen LogP contribution >= 0.6 is 0 Å². The van der Waals surface area contributed by atoms with E-state index in [1.54, 1.807) is 0 Å². The predicted molar refractivity (Wildman–Crippen MR) is 92.5 cm³/mol. The third kappa shape index (κ3) is 2.52. The zero-order chi connectivity index (χ0) is 15.8. The van der Waals surface area contributed by atoms with E-state index in [9.17, 15) is 4.79 Å². The zero-order valence-electron chi connectivity index (χ0n) is 13.3. The van der Waals surface area contributed by atoms with Gasteiger partial charge in [-0.3, -0.25) is 4.79 Å². The second-order valence-corrected chi connectivity index (χ2v) is 6.33. The molecule has 2 heterocycles. The maximum absolute atomic E-state index is 12.8. The molecule has 1 aromatic heterocycles. The van der Waals surface area contributed by atoms with Crippen molar-refractivity contribution in [1.29, 1.82) is 0 Å². The molecule has 116 valence electrons. The summed E-state index contributed by atoms with van der Waals surface area (Å²) in [5.74, 6) is 0.125. The zero-order valence-corrected chi connectivity index (χ0v) is 13.3. The first-order valence-corrected chi connectivity index (χ1v) is 8.17. The Morgan fingerprint density at radius 1 is 1.13 bits per heavy atom. The second-order valence-electron chi connectivity index (χ2n) is 6.33. The molecule has 3 heteroatoms. The van der Waals surface area contributed by atoms with Gasteiger partial charge in [0, 0.05) is 40.8 Å². The summed E-state index contributed by atoms with van der Waals surface area (Å²) in [6.45, 7) is 3.61. The van der Waals surface area contributed by atoms with Crippen LogP contribution in [0.15, 0.2) is 48.5 Å². The molecule has 1 aliphatic heterocycles. The molecule has 0 atom stereocenters. The lowest BCUT2D eigenvalue weighted by atomic mass is 10.1. The Bertz CT molecular complexity index is 864. The van der Waals surface area contributed by atoms with Gasteiger partial charge in [-0.25, -0.2) is 0 Å². The molecule has 0 unspecified atom stereocenters. The summed E-state index contributed by atoms with van der Waals surface area (Å²) in [6.07, 6.45) is 2.00. The third-order valence-corrected chi connectivity index (χ3v) is 4.66. The number of H-pyrrole nitrogens is 1. The van der Waals surface area contributed by atoms with Crippen molar-refractivity contribution in [2.45, 2.75) is 26.3 Å². The lowest BCUT2D eigenvalue weighted by molar-refractivity contribution is 0.0746. The molecule has 0 saturated heterocycles. The minimum atomic E-state index is 0.125. The van der Waals surface area contributed by atoms with Crippen LogP contribution in [-0.4, -0.2) is 22.3 Å². The van der Waals surface area contributed by atoms with E-state index in [-0.39, 0.29) is 5.91 Å². The Labute approximate surface area is 135 Å². The molecule has 2 aromatic carbocycles. The summed E-state index contributed by atoms with van der Waals surface area (Å²) in [4.78, 5) is 18.3. The molecule has 0 radical (unpaired) electrons. The van der Waals surface area contributed by atoms with E-state index in [0.29, 0.717) is 6.54 Å². The molecule has 0 bridgehead atoms. The predicted octanol–water partition coefficient (Wildman–Crippen LogP) is 4.06. The van der Waals surface area contributed by atoms with Crippen LogP contribution in [0.3, 0.4) is 0 Å². The number of amides is 1. The minimum absolute atomic E-state index is 0.125. The van der Waals surface area contributed by atoms with Crippen LogP contribution in [0.5, 0.6) is 0 Å². The summed E-state index contributed by atoms with van der Waals surface area (Å²) in [6, 6.07) is 16.1. The molecule has 1 amide bonds. The standard InChI is InChI=1S/C20H20N2O/c1-14-9-10-19-16(12-14)17-13-22(11-5-8-18(17)21-19)20(23)15-6-3-2-4-7-15/h2-4,6-7,9-10,12,21H,5,8,11,13H2,1H3. The molecular weight excluding hydrogens is 284 g/mol. The summed E-state index contributed by atoms with van der Waals surface area (Å²) < 4.78 is 0. The van der Waals surface area contributed by atoms with Crippen LogP contribution in [0, 0.1) is 6.92 Å². The van der Waals surface area contributed by atoms with Crippen molar-refractivity contribution in [3.63, 3.8) is 0 Å². The number of aromatic nitrogens is 1. The van der Waals surface area contributed by atoms with E-state index < -0.39 is 0 Å². The fourth-order valence-electron chi connectivity index (χ4n) is 3.46. The maximum atomic E-state index is 12.8. The number of nitrogens with one attached hydrogen (secondary N) is 1. The average Bonchev–Trinajstić information content (AvgIpc) is 2.77. The number of carbonyl (C=O) groups is 1. The van der Waals surface area contributed by atoms with E-state index >= 15 is 0 Å². The molecule has 0 fully saturated rings. The number of benzene rings is 2. The van der Waals surface area contributed by atoms with Crippen molar-refractivity contribution in [3.05, 3.63) is 70.9 Å². The lowest BCUT2D eigenvalue weighted by Crippen LogP contribution is -2.30. The van der Waals surface area contributed by atoms with Crippen LogP contribution < -0.4 is 0 Å². The smallest absolute Gasteiger partial charge is 0.254 e. The first-order valence-electron chi connectivity index (χ1n) is 8.17. The summed E-state index contributed by atoms with van der Waals surface area (Å²) >= 11 is 0. The van der Waals surface area contributed by atoms with Gasteiger partial charge in [0.05, 0.1) is 0 Å². The van der Waals surface area contributed by atoms with Gasteiger partial charge in [0.1, 0.15) is 0 Å². The monoisotopic (exact) mass is 304 g/mol. The first kappa shape index (κ1) is 14.1. The largest absolute Gasteiger partial charge is 0.358 e. The van der Waals surface area contributed by atoms with Crippen molar-refractivity contribution in [2.75, 3.05) is 6.54 Å². The number of aryl methyl sites for hydroxylation is 2. The molecule has 0 aliphatic carbocycles. The van der Waals surface area contributed by atoms with Gasteiger partial charge >= 0.3 is 0 Å². The number of aromatic amines is 1.